The Hall–Kier alpha value is -1.63. The van der Waals surface area contributed by atoms with E-state index >= 15 is 0 Å². The first-order valence-corrected chi connectivity index (χ1v) is 7.33. The van der Waals surface area contributed by atoms with E-state index in [4.69, 9.17) is 10.2 Å². The van der Waals surface area contributed by atoms with E-state index in [-0.39, 0.29) is 11.4 Å². The number of aryl methyl sites for hydroxylation is 1. The van der Waals surface area contributed by atoms with E-state index in [1.165, 1.54) is 6.26 Å². The van der Waals surface area contributed by atoms with Crippen LogP contribution in [0.4, 0.5) is 0 Å². The third-order valence-electron chi connectivity index (χ3n) is 2.78. The van der Waals surface area contributed by atoms with Gasteiger partial charge in [-0.25, -0.2) is 13.1 Å². The molecule has 0 atom stereocenters. The van der Waals surface area contributed by atoms with Gasteiger partial charge in [0, 0.05) is 6.54 Å². The molecule has 0 aliphatic carbocycles. The van der Waals surface area contributed by atoms with E-state index in [0.717, 1.165) is 5.56 Å². The normalized spacial score (nSPS) is 11.7. The first kappa shape index (κ1) is 13.8. The number of nitrogens with two attached hydrogens (primary N) is 1. The second-order valence-corrected chi connectivity index (χ2v) is 5.94. The topological polar surface area (TPSA) is 85.3 Å². The number of benzene rings is 1. The molecule has 1 aromatic heterocycles. The average Bonchev–Trinajstić information content (AvgIpc) is 2.89. The number of hydrogen-bond donors (Lipinski definition) is 2. The van der Waals surface area contributed by atoms with Crippen molar-refractivity contribution in [3.63, 3.8) is 0 Å². The summed E-state index contributed by atoms with van der Waals surface area (Å²) in [6.45, 7) is 2.27. The summed E-state index contributed by atoms with van der Waals surface area (Å²) in [5.41, 5.74) is 7.10. The van der Waals surface area contributed by atoms with Gasteiger partial charge in [-0.1, -0.05) is 12.1 Å². The number of sulfonamides is 1. The van der Waals surface area contributed by atoms with Crippen LogP contribution >= 0.6 is 0 Å². The Kier molecular flexibility index (Phi) is 4.04. The molecule has 19 heavy (non-hydrogen) atoms. The lowest BCUT2D eigenvalue weighted by atomic mass is 10.1. The summed E-state index contributed by atoms with van der Waals surface area (Å²) >= 11 is 0. The lowest BCUT2D eigenvalue weighted by Gasteiger charge is -2.09. The quantitative estimate of drug-likeness (QED) is 0.869. The Morgan fingerprint density at radius 2 is 2.11 bits per heavy atom. The molecule has 1 aromatic carbocycles. The maximum atomic E-state index is 12.2. The van der Waals surface area contributed by atoms with E-state index in [0.29, 0.717) is 17.9 Å². The molecule has 0 aliphatic heterocycles. The summed E-state index contributed by atoms with van der Waals surface area (Å²) in [6.07, 6.45) is 1.50. The van der Waals surface area contributed by atoms with Gasteiger partial charge in [-0.05, 0) is 36.2 Å². The van der Waals surface area contributed by atoms with Gasteiger partial charge < -0.3 is 10.2 Å². The molecule has 0 amide bonds. The van der Waals surface area contributed by atoms with Crippen LogP contribution in [0.25, 0.3) is 0 Å². The minimum absolute atomic E-state index is 0.132. The number of hydrogen-bond acceptors (Lipinski definition) is 4. The van der Waals surface area contributed by atoms with Crippen molar-refractivity contribution < 1.29 is 12.8 Å². The third kappa shape index (κ3) is 3.23. The fourth-order valence-electron chi connectivity index (χ4n) is 1.80. The largest absolute Gasteiger partial charge is 0.468 e. The van der Waals surface area contributed by atoms with Crippen molar-refractivity contribution in [3.8, 4) is 0 Å². The summed E-state index contributed by atoms with van der Waals surface area (Å²) < 4.78 is 31.9. The molecule has 6 heteroatoms. The predicted octanol–water partition coefficient (Wildman–Crippen LogP) is 1.53. The minimum Gasteiger partial charge on any atom is -0.468 e. The summed E-state index contributed by atoms with van der Waals surface area (Å²) in [4.78, 5) is 0.260. The predicted molar refractivity (Wildman–Crippen MR) is 71.8 cm³/mol. The number of rotatable bonds is 5. The van der Waals surface area contributed by atoms with Gasteiger partial charge in [-0.2, -0.15) is 0 Å². The first-order chi connectivity index (χ1) is 9.03. The smallest absolute Gasteiger partial charge is 0.241 e. The molecule has 3 N–H and O–H groups in total. The standard InChI is InChI=1S/C13H16N2O3S/c1-10-7-11(8-14)4-5-13(10)19(16,17)15-9-12-3-2-6-18-12/h2-7,15H,8-9,14H2,1H3. The van der Waals surface area contributed by atoms with Crippen LogP contribution in [-0.2, 0) is 23.1 Å². The maximum Gasteiger partial charge on any atom is 0.241 e. The average molecular weight is 280 g/mol. The van der Waals surface area contributed by atoms with Gasteiger partial charge in [-0.3, -0.25) is 0 Å². The van der Waals surface area contributed by atoms with Crippen molar-refractivity contribution in [1.29, 1.82) is 0 Å². The molecule has 0 saturated heterocycles. The summed E-state index contributed by atoms with van der Waals surface area (Å²) in [5.74, 6) is 0.569. The van der Waals surface area contributed by atoms with Crippen molar-refractivity contribution in [2.75, 3.05) is 0 Å². The maximum absolute atomic E-state index is 12.2. The second-order valence-electron chi connectivity index (χ2n) is 4.21. The Morgan fingerprint density at radius 1 is 1.32 bits per heavy atom. The molecule has 0 radical (unpaired) electrons. The highest BCUT2D eigenvalue weighted by Crippen LogP contribution is 2.17. The molecule has 0 aliphatic rings. The van der Waals surface area contributed by atoms with E-state index < -0.39 is 10.0 Å². The van der Waals surface area contributed by atoms with Crippen LogP contribution < -0.4 is 10.5 Å². The SMILES string of the molecule is Cc1cc(CN)ccc1S(=O)(=O)NCc1ccco1. The monoisotopic (exact) mass is 280 g/mol. The zero-order valence-electron chi connectivity index (χ0n) is 10.6. The van der Waals surface area contributed by atoms with Gasteiger partial charge >= 0.3 is 0 Å². The Morgan fingerprint density at radius 3 is 2.68 bits per heavy atom. The van der Waals surface area contributed by atoms with E-state index in [1.54, 1.807) is 37.3 Å². The van der Waals surface area contributed by atoms with Gasteiger partial charge in [0.25, 0.3) is 0 Å². The van der Waals surface area contributed by atoms with Crippen LogP contribution in [-0.4, -0.2) is 8.42 Å². The summed E-state index contributed by atoms with van der Waals surface area (Å²) in [7, 11) is -3.54. The molecule has 2 rings (SSSR count). The van der Waals surface area contributed by atoms with Gasteiger partial charge in [-0.15, -0.1) is 0 Å². The van der Waals surface area contributed by atoms with Crippen molar-refractivity contribution >= 4 is 10.0 Å². The Labute approximate surface area is 112 Å². The van der Waals surface area contributed by atoms with Crippen LogP contribution in [0.3, 0.4) is 0 Å². The van der Waals surface area contributed by atoms with E-state index in [2.05, 4.69) is 4.72 Å². The van der Waals surface area contributed by atoms with Crippen molar-refractivity contribution in [3.05, 3.63) is 53.5 Å². The molecular formula is C13H16N2O3S. The first-order valence-electron chi connectivity index (χ1n) is 5.84. The highest BCUT2D eigenvalue weighted by Gasteiger charge is 2.16. The molecule has 0 fully saturated rings. The Bertz CT molecular complexity index is 649. The highest BCUT2D eigenvalue weighted by molar-refractivity contribution is 7.89. The fourth-order valence-corrected chi connectivity index (χ4v) is 3.01. The molecule has 5 nitrogen and oxygen atoms in total. The van der Waals surface area contributed by atoms with Crippen LogP contribution in [0, 0.1) is 6.92 Å². The molecule has 0 saturated carbocycles. The molecule has 2 aromatic rings. The summed E-state index contributed by atoms with van der Waals surface area (Å²) in [5, 5.41) is 0. The Balaban J connectivity index is 2.19. The zero-order chi connectivity index (χ0) is 13.9. The van der Waals surface area contributed by atoms with Crippen LogP contribution in [0.5, 0.6) is 0 Å². The van der Waals surface area contributed by atoms with Gasteiger partial charge in [0.2, 0.25) is 10.0 Å². The lowest BCUT2D eigenvalue weighted by Crippen LogP contribution is -2.23. The number of nitrogens with one attached hydrogen (secondary N) is 1. The van der Waals surface area contributed by atoms with Crippen LogP contribution in [0.1, 0.15) is 16.9 Å². The van der Waals surface area contributed by atoms with Crippen molar-refractivity contribution in [1.82, 2.24) is 4.72 Å². The van der Waals surface area contributed by atoms with E-state index in [1.807, 2.05) is 0 Å². The van der Waals surface area contributed by atoms with Crippen LogP contribution in [0.2, 0.25) is 0 Å². The van der Waals surface area contributed by atoms with Gasteiger partial charge in [0.1, 0.15) is 5.76 Å². The van der Waals surface area contributed by atoms with Crippen molar-refractivity contribution in [2.45, 2.75) is 24.9 Å². The second kappa shape index (κ2) is 5.56. The molecular weight excluding hydrogens is 264 g/mol. The molecule has 0 unspecified atom stereocenters. The molecule has 102 valence electrons. The zero-order valence-corrected chi connectivity index (χ0v) is 11.4. The fraction of sp³-hybridized carbons (Fsp3) is 0.231. The highest BCUT2D eigenvalue weighted by atomic mass is 32.2. The number of furan rings is 1. The van der Waals surface area contributed by atoms with Gasteiger partial charge in [0.15, 0.2) is 0 Å². The van der Waals surface area contributed by atoms with Crippen molar-refractivity contribution in [2.24, 2.45) is 5.73 Å². The summed E-state index contributed by atoms with van der Waals surface area (Å²) in [6, 6.07) is 8.50. The minimum atomic E-state index is -3.54. The molecule has 0 spiro atoms. The molecule has 0 bridgehead atoms. The van der Waals surface area contributed by atoms with Crippen LogP contribution in [0.15, 0.2) is 45.9 Å². The molecule has 1 heterocycles. The third-order valence-corrected chi connectivity index (χ3v) is 4.34. The van der Waals surface area contributed by atoms with Gasteiger partial charge in [0.05, 0.1) is 17.7 Å². The van der Waals surface area contributed by atoms with E-state index in [9.17, 15) is 8.42 Å². The lowest BCUT2D eigenvalue weighted by molar-refractivity contribution is 0.498.